The first-order valence-electron chi connectivity index (χ1n) is 6.13. The molecule has 0 fully saturated rings. The first-order valence-corrected chi connectivity index (χ1v) is 6.13. The zero-order valence-corrected chi connectivity index (χ0v) is 11.7. The van der Waals surface area contributed by atoms with Gasteiger partial charge in [-0.15, -0.1) is 12.4 Å². The van der Waals surface area contributed by atoms with Crippen LogP contribution in [-0.4, -0.2) is 32.3 Å². The third kappa shape index (κ3) is 4.70. The Kier molecular flexibility index (Phi) is 6.62. The number of anilines is 1. The van der Waals surface area contributed by atoms with Crippen LogP contribution < -0.4 is 15.4 Å². The van der Waals surface area contributed by atoms with Crippen LogP contribution in [0.2, 0.25) is 0 Å². The molecule has 19 heavy (non-hydrogen) atoms. The molecule has 0 aliphatic carbocycles. The van der Waals surface area contributed by atoms with E-state index in [4.69, 9.17) is 9.47 Å². The molecule has 5 nitrogen and oxygen atoms in total. The molecule has 106 valence electrons. The van der Waals surface area contributed by atoms with E-state index in [1.807, 2.05) is 25.1 Å². The van der Waals surface area contributed by atoms with Crippen LogP contribution in [0.25, 0.3) is 0 Å². The second-order valence-corrected chi connectivity index (χ2v) is 4.03. The van der Waals surface area contributed by atoms with Crippen molar-refractivity contribution in [3.63, 3.8) is 0 Å². The molecule has 1 aliphatic rings. The molecule has 2 rings (SSSR count). The molecule has 0 spiro atoms. The van der Waals surface area contributed by atoms with Crippen molar-refractivity contribution in [2.45, 2.75) is 13.5 Å². The standard InChI is InChI=1S/C13H18N2O3.ClH/c1-2-17-9-13(16)15-11-3-4-12-10(7-11)8-14-5-6-18-12;/h3-4,7,14H,2,5-6,8-9H2,1H3,(H,15,16);1H. The maximum absolute atomic E-state index is 11.5. The Morgan fingerprint density at radius 2 is 2.37 bits per heavy atom. The molecule has 0 radical (unpaired) electrons. The predicted octanol–water partition coefficient (Wildman–Crippen LogP) is 1.57. The number of hydrogen-bond acceptors (Lipinski definition) is 4. The number of fused-ring (bicyclic) bond motifs is 1. The molecule has 1 aliphatic heterocycles. The molecular weight excluding hydrogens is 268 g/mol. The summed E-state index contributed by atoms with van der Waals surface area (Å²) < 4.78 is 10.6. The minimum Gasteiger partial charge on any atom is -0.492 e. The van der Waals surface area contributed by atoms with Gasteiger partial charge >= 0.3 is 0 Å². The molecular formula is C13H19ClN2O3. The lowest BCUT2D eigenvalue weighted by Crippen LogP contribution is -2.18. The number of carbonyl (C=O) groups is 1. The van der Waals surface area contributed by atoms with Crippen molar-refractivity contribution in [3.8, 4) is 5.75 Å². The number of rotatable bonds is 4. The van der Waals surface area contributed by atoms with Gasteiger partial charge in [0.2, 0.25) is 5.91 Å². The van der Waals surface area contributed by atoms with Crippen LogP contribution in [0.1, 0.15) is 12.5 Å². The minimum atomic E-state index is -0.140. The Balaban J connectivity index is 0.00000180. The number of halogens is 1. The first kappa shape index (κ1) is 15.8. The van der Waals surface area contributed by atoms with Crippen LogP contribution in [-0.2, 0) is 16.1 Å². The van der Waals surface area contributed by atoms with Crippen LogP contribution >= 0.6 is 12.4 Å². The summed E-state index contributed by atoms with van der Waals surface area (Å²) in [7, 11) is 0. The van der Waals surface area contributed by atoms with Gasteiger partial charge in [0.15, 0.2) is 0 Å². The van der Waals surface area contributed by atoms with Crippen LogP contribution in [0, 0.1) is 0 Å². The Labute approximate surface area is 119 Å². The third-order valence-corrected chi connectivity index (χ3v) is 2.63. The number of hydrogen-bond donors (Lipinski definition) is 2. The minimum absolute atomic E-state index is 0. The second-order valence-electron chi connectivity index (χ2n) is 4.03. The summed E-state index contributed by atoms with van der Waals surface area (Å²) in [5, 5.41) is 6.06. The zero-order valence-electron chi connectivity index (χ0n) is 10.9. The highest BCUT2D eigenvalue weighted by atomic mass is 35.5. The van der Waals surface area contributed by atoms with E-state index < -0.39 is 0 Å². The maximum atomic E-state index is 11.5. The summed E-state index contributed by atoms with van der Waals surface area (Å²) in [4.78, 5) is 11.5. The molecule has 0 aromatic heterocycles. The largest absolute Gasteiger partial charge is 0.492 e. The van der Waals surface area contributed by atoms with Crippen molar-refractivity contribution in [1.29, 1.82) is 0 Å². The van der Waals surface area contributed by atoms with Crippen LogP contribution in [0.15, 0.2) is 18.2 Å². The van der Waals surface area contributed by atoms with Gasteiger partial charge in [0.25, 0.3) is 0 Å². The van der Waals surface area contributed by atoms with E-state index in [0.29, 0.717) is 13.2 Å². The third-order valence-electron chi connectivity index (χ3n) is 2.63. The van der Waals surface area contributed by atoms with Crippen molar-refractivity contribution in [1.82, 2.24) is 5.32 Å². The van der Waals surface area contributed by atoms with Gasteiger partial charge in [-0.25, -0.2) is 0 Å². The number of amides is 1. The average molecular weight is 287 g/mol. The molecule has 0 saturated heterocycles. The Morgan fingerprint density at radius 1 is 1.53 bits per heavy atom. The molecule has 6 heteroatoms. The summed E-state index contributed by atoms with van der Waals surface area (Å²) in [5.41, 5.74) is 1.83. The number of carbonyl (C=O) groups excluding carboxylic acids is 1. The summed E-state index contributed by atoms with van der Waals surface area (Å²) in [5.74, 6) is 0.738. The van der Waals surface area contributed by atoms with E-state index in [2.05, 4.69) is 10.6 Å². The monoisotopic (exact) mass is 286 g/mol. The van der Waals surface area contributed by atoms with Crippen LogP contribution in [0.3, 0.4) is 0 Å². The fraction of sp³-hybridized carbons (Fsp3) is 0.462. The van der Waals surface area contributed by atoms with Crippen molar-refractivity contribution in [3.05, 3.63) is 23.8 Å². The van der Waals surface area contributed by atoms with E-state index in [1.54, 1.807) is 0 Å². The van der Waals surface area contributed by atoms with Gasteiger partial charge in [-0.1, -0.05) is 0 Å². The summed E-state index contributed by atoms with van der Waals surface area (Å²) in [6.07, 6.45) is 0. The molecule has 1 amide bonds. The Morgan fingerprint density at radius 3 is 3.16 bits per heavy atom. The van der Waals surface area contributed by atoms with Gasteiger partial charge in [-0.2, -0.15) is 0 Å². The van der Waals surface area contributed by atoms with E-state index in [9.17, 15) is 4.79 Å². The fourth-order valence-corrected chi connectivity index (χ4v) is 1.78. The van der Waals surface area contributed by atoms with Crippen molar-refractivity contribution in [2.75, 3.05) is 31.7 Å². The molecule has 1 heterocycles. The topological polar surface area (TPSA) is 59.6 Å². The van der Waals surface area contributed by atoms with E-state index in [1.165, 1.54) is 0 Å². The number of benzene rings is 1. The van der Waals surface area contributed by atoms with E-state index >= 15 is 0 Å². The second kappa shape index (κ2) is 7.99. The fourth-order valence-electron chi connectivity index (χ4n) is 1.78. The Bertz CT molecular complexity index is 426. The lowest BCUT2D eigenvalue weighted by Gasteiger charge is -2.10. The summed E-state index contributed by atoms with van der Waals surface area (Å²) in [6.45, 7) is 4.74. The van der Waals surface area contributed by atoms with Crippen molar-refractivity contribution in [2.24, 2.45) is 0 Å². The van der Waals surface area contributed by atoms with E-state index in [-0.39, 0.29) is 24.9 Å². The van der Waals surface area contributed by atoms with Crippen molar-refractivity contribution >= 4 is 24.0 Å². The quantitative estimate of drug-likeness (QED) is 0.882. The Hall–Kier alpha value is -1.30. The highest BCUT2D eigenvalue weighted by molar-refractivity contribution is 5.91. The molecule has 2 N–H and O–H groups in total. The van der Waals surface area contributed by atoms with Crippen LogP contribution in [0.4, 0.5) is 5.69 Å². The first-order chi connectivity index (χ1) is 8.79. The SMILES string of the molecule is CCOCC(=O)Nc1ccc2c(c1)CNCCO2.Cl. The maximum Gasteiger partial charge on any atom is 0.250 e. The molecule has 1 aromatic rings. The molecule has 0 bridgehead atoms. The van der Waals surface area contributed by atoms with E-state index in [0.717, 1.165) is 30.1 Å². The highest BCUT2D eigenvalue weighted by Gasteiger charge is 2.10. The number of nitrogens with one attached hydrogen (secondary N) is 2. The molecule has 1 aromatic carbocycles. The molecule has 0 unspecified atom stereocenters. The van der Waals surface area contributed by atoms with Gasteiger partial charge < -0.3 is 20.1 Å². The molecule has 0 saturated carbocycles. The number of ether oxygens (including phenoxy) is 2. The highest BCUT2D eigenvalue weighted by Crippen LogP contribution is 2.24. The van der Waals surface area contributed by atoms with Gasteiger partial charge in [0, 0.05) is 30.9 Å². The smallest absolute Gasteiger partial charge is 0.250 e. The average Bonchev–Trinajstić information content (AvgIpc) is 2.61. The van der Waals surface area contributed by atoms with Gasteiger partial charge in [0.05, 0.1) is 0 Å². The summed E-state index contributed by atoms with van der Waals surface area (Å²) in [6, 6.07) is 5.66. The summed E-state index contributed by atoms with van der Waals surface area (Å²) >= 11 is 0. The van der Waals surface area contributed by atoms with Crippen molar-refractivity contribution < 1.29 is 14.3 Å². The van der Waals surface area contributed by atoms with Gasteiger partial charge in [-0.3, -0.25) is 4.79 Å². The van der Waals surface area contributed by atoms with Crippen LogP contribution in [0.5, 0.6) is 5.75 Å². The normalized spacial score (nSPS) is 13.5. The van der Waals surface area contributed by atoms with Gasteiger partial charge in [0.1, 0.15) is 19.0 Å². The zero-order chi connectivity index (χ0) is 12.8. The molecule has 0 atom stereocenters. The lowest BCUT2D eigenvalue weighted by atomic mass is 10.1. The lowest BCUT2D eigenvalue weighted by molar-refractivity contribution is -0.120. The predicted molar refractivity (Wildman–Crippen MR) is 76.0 cm³/mol. The van der Waals surface area contributed by atoms with Gasteiger partial charge in [-0.05, 0) is 25.1 Å².